The molecule has 124 valence electrons. The second-order valence-corrected chi connectivity index (χ2v) is 6.03. The molecule has 1 aromatic carbocycles. The number of guanidine groups is 1. The van der Waals surface area contributed by atoms with Gasteiger partial charge < -0.3 is 10.2 Å². The average Bonchev–Trinajstić information content (AvgIpc) is 2.95. The van der Waals surface area contributed by atoms with E-state index in [1.807, 2.05) is 42.2 Å². The summed E-state index contributed by atoms with van der Waals surface area (Å²) in [4.78, 5) is 6.43. The topological polar surface area (TPSA) is 45.5 Å². The predicted molar refractivity (Wildman–Crippen MR) is 95.9 cm³/mol. The zero-order valence-corrected chi connectivity index (χ0v) is 14.7. The molecule has 0 saturated heterocycles. The summed E-state index contributed by atoms with van der Waals surface area (Å²) in [6.45, 7) is 4.60. The first kappa shape index (κ1) is 17.3. The van der Waals surface area contributed by atoms with Crippen molar-refractivity contribution in [1.29, 1.82) is 0 Å². The lowest BCUT2D eigenvalue weighted by molar-refractivity contribution is 0.471. The minimum absolute atomic E-state index is 0.757. The number of aryl methyl sites for hydroxylation is 2. The van der Waals surface area contributed by atoms with Crippen LogP contribution in [0, 0.1) is 6.92 Å². The molecule has 0 aliphatic heterocycles. The fraction of sp³-hybridized carbons (Fsp3) is 0.412. The van der Waals surface area contributed by atoms with Crippen LogP contribution in [-0.4, -0.2) is 41.3 Å². The van der Waals surface area contributed by atoms with Gasteiger partial charge in [0.1, 0.15) is 0 Å². The molecule has 0 saturated carbocycles. The molecule has 0 fully saturated rings. The molecule has 0 spiro atoms. The van der Waals surface area contributed by atoms with Gasteiger partial charge in [0, 0.05) is 44.9 Å². The first-order chi connectivity index (χ1) is 11.1. The molecule has 2 aromatic rings. The van der Waals surface area contributed by atoms with Crippen molar-refractivity contribution in [3.05, 3.63) is 52.8 Å². The molecule has 0 aliphatic carbocycles. The second kappa shape index (κ2) is 8.58. The van der Waals surface area contributed by atoms with Gasteiger partial charge in [-0.3, -0.25) is 9.67 Å². The number of hydrogen-bond donors (Lipinski definition) is 1. The summed E-state index contributed by atoms with van der Waals surface area (Å²) in [6, 6.07) is 7.89. The maximum Gasteiger partial charge on any atom is 0.193 e. The van der Waals surface area contributed by atoms with Crippen LogP contribution in [-0.2, 0) is 13.1 Å². The van der Waals surface area contributed by atoms with Gasteiger partial charge in [0.05, 0.1) is 6.20 Å². The highest BCUT2D eigenvalue weighted by atomic mass is 35.5. The Bertz CT molecular complexity index is 633. The highest BCUT2D eigenvalue weighted by Crippen LogP contribution is 2.10. The normalized spacial score (nSPS) is 11.6. The lowest BCUT2D eigenvalue weighted by Gasteiger charge is -2.22. The number of benzene rings is 1. The van der Waals surface area contributed by atoms with Gasteiger partial charge in [0.15, 0.2) is 5.96 Å². The van der Waals surface area contributed by atoms with Gasteiger partial charge in [-0.15, -0.1) is 0 Å². The molecule has 1 N–H and O–H groups in total. The van der Waals surface area contributed by atoms with Crippen molar-refractivity contribution < 1.29 is 0 Å². The van der Waals surface area contributed by atoms with Crippen molar-refractivity contribution in [3.63, 3.8) is 0 Å². The van der Waals surface area contributed by atoms with E-state index in [1.54, 1.807) is 7.05 Å². The summed E-state index contributed by atoms with van der Waals surface area (Å²) in [5.41, 5.74) is 2.39. The van der Waals surface area contributed by atoms with E-state index < -0.39 is 0 Å². The van der Waals surface area contributed by atoms with Crippen molar-refractivity contribution in [3.8, 4) is 0 Å². The van der Waals surface area contributed by atoms with Crippen LogP contribution in [0.15, 0.2) is 41.7 Å². The summed E-state index contributed by atoms with van der Waals surface area (Å²) >= 11 is 5.92. The van der Waals surface area contributed by atoms with Crippen LogP contribution in [0.3, 0.4) is 0 Å². The van der Waals surface area contributed by atoms with E-state index >= 15 is 0 Å². The fourth-order valence-electron chi connectivity index (χ4n) is 2.35. The molecule has 1 aromatic heterocycles. The van der Waals surface area contributed by atoms with Crippen LogP contribution in [0.1, 0.15) is 17.5 Å². The fourth-order valence-corrected chi connectivity index (χ4v) is 2.48. The Labute approximate surface area is 143 Å². The second-order valence-electron chi connectivity index (χ2n) is 5.59. The van der Waals surface area contributed by atoms with Gasteiger partial charge in [-0.25, -0.2) is 0 Å². The number of aliphatic imine (C=N–C) groups is 1. The van der Waals surface area contributed by atoms with Crippen molar-refractivity contribution in [2.24, 2.45) is 4.99 Å². The number of nitrogens with zero attached hydrogens (tertiary/aromatic N) is 4. The maximum atomic E-state index is 5.92. The van der Waals surface area contributed by atoms with Gasteiger partial charge in [0.25, 0.3) is 0 Å². The van der Waals surface area contributed by atoms with Crippen LogP contribution in [0.25, 0.3) is 0 Å². The van der Waals surface area contributed by atoms with Crippen molar-refractivity contribution in [2.45, 2.75) is 26.4 Å². The highest BCUT2D eigenvalue weighted by molar-refractivity contribution is 6.30. The molecule has 0 atom stereocenters. The van der Waals surface area contributed by atoms with E-state index in [0.717, 1.165) is 37.0 Å². The zero-order chi connectivity index (χ0) is 16.7. The molecule has 0 radical (unpaired) electrons. The van der Waals surface area contributed by atoms with E-state index in [4.69, 9.17) is 11.6 Å². The summed E-state index contributed by atoms with van der Waals surface area (Å²) < 4.78 is 1.97. The first-order valence-electron chi connectivity index (χ1n) is 7.74. The van der Waals surface area contributed by atoms with E-state index in [2.05, 4.69) is 33.4 Å². The molecule has 5 nitrogen and oxygen atoms in total. The molecule has 1 heterocycles. The molecule has 0 unspecified atom stereocenters. The lowest BCUT2D eigenvalue weighted by atomic mass is 10.2. The van der Waals surface area contributed by atoms with E-state index in [1.165, 1.54) is 11.1 Å². The van der Waals surface area contributed by atoms with Crippen LogP contribution >= 0.6 is 11.6 Å². The molecule has 23 heavy (non-hydrogen) atoms. The Morgan fingerprint density at radius 3 is 2.70 bits per heavy atom. The third-order valence-corrected chi connectivity index (χ3v) is 3.77. The van der Waals surface area contributed by atoms with E-state index in [-0.39, 0.29) is 0 Å². The van der Waals surface area contributed by atoms with Crippen molar-refractivity contribution >= 4 is 17.6 Å². The van der Waals surface area contributed by atoms with Crippen molar-refractivity contribution in [1.82, 2.24) is 20.0 Å². The summed E-state index contributed by atoms with van der Waals surface area (Å²) in [6.07, 6.45) is 4.93. The minimum Gasteiger partial charge on any atom is -0.356 e. The monoisotopic (exact) mass is 333 g/mol. The average molecular weight is 334 g/mol. The number of nitrogens with one attached hydrogen (secondary N) is 1. The smallest absolute Gasteiger partial charge is 0.193 e. The lowest BCUT2D eigenvalue weighted by Crippen LogP contribution is -2.39. The Morgan fingerprint density at radius 2 is 2.09 bits per heavy atom. The molecular formula is C17H24ClN5. The molecule has 2 rings (SSSR count). The van der Waals surface area contributed by atoms with Gasteiger partial charge in [-0.2, -0.15) is 5.10 Å². The number of aromatic nitrogens is 2. The van der Waals surface area contributed by atoms with Gasteiger partial charge >= 0.3 is 0 Å². The summed E-state index contributed by atoms with van der Waals surface area (Å²) in [7, 11) is 3.83. The molecule has 6 heteroatoms. The largest absolute Gasteiger partial charge is 0.356 e. The van der Waals surface area contributed by atoms with Crippen LogP contribution in [0.4, 0.5) is 0 Å². The SMILES string of the molecule is CN=C(NCCCn1cc(C)cn1)N(C)Cc1ccc(Cl)cc1. The summed E-state index contributed by atoms with van der Waals surface area (Å²) in [5, 5.41) is 8.43. The Balaban J connectivity index is 1.76. The van der Waals surface area contributed by atoms with E-state index in [0.29, 0.717) is 0 Å². The molecular weight excluding hydrogens is 310 g/mol. The minimum atomic E-state index is 0.757. The zero-order valence-electron chi connectivity index (χ0n) is 14.0. The van der Waals surface area contributed by atoms with Crippen molar-refractivity contribution in [2.75, 3.05) is 20.6 Å². The van der Waals surface area contributed by atoms with Gasteiger partial charge in [-0.1, -0.05) is 23.7 Å². The Morgan fingerprint density at radius 1 is 1.35 bits per heavy atom. The first-order valence-corrected chi connectivity index (χ1v) is 8.11. The van der Waals surface area contributed by atoms with Gasteiger partial charge in [0.2, 0.25) is 0 Å². The highest BCUT2D eigenvalue weighted by Gasteiger charge is 2.06. The standard InChI is InChI=1S/C17H24ClN5/c1-14-11-21-23(12-14)10-4-9-20-17(19-2)22(3)13-15-5-7-16(18)8-6-15/h5-8,11-12H,4,9-10,13H2,1-3H3,(H,19,20). The number of rotatable bonds is 6. The third-order valence-electron chi connectivity index (χ3n) is 3.52. The van der Waals surface area contributed by atoms with Crippen LogP contribution < -0.4 is 5.32 Å². The number of halogens is 1. The summed E-state index contributed by atoms with van der Waals surface area (Å²) in [5.74, 6) is 0.886. The number of hydrogen-bond acceptors (Lipinski definition) is 2. The quantitative estimate of drug-likeness (QED) is 0.502. The van der Waals surface area contributed by atoms with Gasteiger partial charge in [-0.05, 0) is 36.6 Å². The van der Waals surface area contributed by atoms with Crippen LogP contribution in [0.5, 0.6) is 0 Å². The molecule has 0 bridgehead atoms. The molecule has 0 amide bonds. The predicted octanol–water partition coefficient (Wildman–Crippen LogP) is 2.94. The third kappa shape index (κ3) is 5.60. The Hall–Kier alpha value is -2.01. The maximum absolute atomic E-state index is 5.92. The van der Waals surface area contributed by atoms with E-state index in [9.17, 15) is 0 Å². The van der Waals surface area contributed by atoms with Crippen LogP contribution in [0.2, 0.25) is 5.02 Å². The molecule has 0 aliphatic rings. The Kier molecular flexibility index (Phi) is 6.47.